The van der Waals surface area contributed by atoms with Crippen LogP contribution in [0.15, 0.2) is 16.8 Å². The van der Waals surface area contributed by atoms with Crippen LogP contribution >= 0.6 is 11.3 Å². The van der Waals surface area contributed by atoms with Crippen molar-refractivity contribution < 1.29 is 14.3 Å². The maximum absolute atomic E-state index is 12.7. The number of hydrogen-bond donors (Lipinski definition) is 1. The first-order valence-corrected chi connectivity index (χ1v) is 10.9. The Balaban J connectivity index is 1.40. The molecule has 1 N–H and O–H groups in total. The number of carbonyl (C=O) groups is 2. The molecule has 0 radical (unpaired) electrons. The average molecular weight is 394 g/mol. The molecule has 3 atom stereocenters. The number of carbonyl (C=O) groups excluding carboxylic acids is 2. The van der Waals surface area contributed by atoms with E-state index in [0.717, 1.165) is 39.0 Å². The zero-order valence-corrected chi connectivity index (χ0v) is 17.2. The van der Waals surface area contributed by atoms with Crippen molar-refractivity contribution >= 4 is 23.2 Å². The first-order chi connectivity index (χ1) is 13.0. The van der Waals surface area contributed by atoms with Crippen LogP contribution in [0.2, 0.25) is 0 Å². The van der Waals surface area contributed by atoms with Crippen LogP contribution in [0.4, 0.5) is 0 Å². The van der Waals surface area contributed by atoms with E-state index in [-0.39, 0.29) is 24.0 Å². The molecule has 0 aromatic carbocycles. The van der Waals surface area contributed by atoms with Crippen molar-refractivity contribution in [2.45, 2.75) is 57.8 Å². The van der Waals surface area contributed by atoms with Gasteiger partial charge >= 0.3 is 0 Å². The van der Waals surface area contributed by atoms with Crippen LogP contribution in [-0.2, 0) is 9.53 Å². The minimum Gasteiger partial charge on any atom is -0.373 e. The minimum atomic E-state index is -0.0571. The first kappa shape index (κ1) is 20.3. The topological polar surface area (TPSA) is 61.9 Å². The Morgan fingerprint density at radius 2 is 2.07 bits per heavy atom. The predicted octanol–water partition coefficient (Wildman–Crippen LogP) is 2.36. The van der Waals surface area contributed by atoms with Gasteiger partial charge in [0.25, 0.3) is 5.91 Å². The molecular formula is C20H31N3O3S. The molecule has 2 fully saturated rings. The molecule has 3 heterocycles. The van der Waals surface area contributed by atoms with Crippen molar-refractivity contribution in [1.29, 1.82) is 0 Å². The van der Waals surface area contributed by atoms with E-state index in [0.29, 0.717) is 31.0 Å². The molecule has 0 spiro atoms. The van der Waals surface area contributed by atoms with Gasteiger partial charge in [-0.05, 0) is 44.6 Å². The minimum absolute atomic E-state index is 0.0571. The lowest BCUT2D eigenvalue weighted by molar-refractivity contribution is -0.133. The SMILES string of the molecule is C[C@@H]1CN(C[C@H]2CCCN2C(=O)CCCNC(=O)c2ccsc2)C[C@H](C)O1. The van der Waals surface area contributed by atoms with Crippen LogP contribution in [0.1, 0.15) is 49.9 Å². The highest BCUT2D eigenvalue weighted by molar-refractivity contribution is 7.08. The van der Waals surface area contributed by atoms with E-state index < -0.39 is 0 Å². The summed E-state index contributed by atoms with van der Waals surface area (Å²) < 4.78 is 5.81. The van der Waals surface area contributed by atoms with Crippen LogP contribution in [0.25, 0.3) is 0 Å². The van der Waals surface area contributed by atoms with Gasteiger partial charge in [0.1, 0.15) is 0 Å². The maximum Gasteiger partial charge on any atom is 0.252 e. The summed E-state index contributed by atoms with van der Waals surface area (Å²) in [7, 11) is 0. The highest BCUT2D eigenvalue weighted by Gasteiger charge is 2.32. The molecule has 6 nitrogen and oxygen atoms in total. The fourth-order valence-corrected chi connectivity index (χ4v) is 4.80. The van der Waals surface area contributed by atoms with Crippen molar-refractivity contribution in [2.75, 3.05) is 32.7 Å². The Morgan fingerprint density at radius 3 is 2.78 bits per heavy atom. The number of likely N-dealkylation sites (tertiary alicyclic amines) is 1. The van der Waals surface area contributed by atoms with Crippen molar-refractivity contribution in [3.63, 3.8) is 0 Å². The number of ether oxygens (including phenoxy) is 1. The summed E-state index contributed by atoms with van der Waals surface area (Å²) in [6, 6.07) is 2.13. The van der Waals surface area contributed by atoms with E-state index in [1.807, 2.05) is 16.8 Å². The van der Waals surface area contributed by atoms with Crippen LogP contribution in [0.5, 0.6) is 0 Å². The molecular weight excluding hydrogens is 362 g/mol. The van der Waals surface area contributed by atoms with Gasteiger partial charge in [0.15, 0.2) is 0 Å². The van der Waals surface area contributed by atoms with Crippen molar-refractivity contribution in [2.24, 2.45) is 0 Å². The normalized spacial score (nSPS) is 26.3. The van der Waals surface area contributed by atoms with E-state index >= 15 is 0 Å². The summed E-state index contributed by atoms with van der Waals surface area (Å²) in [5.41, 5.74) is 0.694. The molecule has 150 valence electrons. The molecule has 2 saturated heterocycles. The summed E-state index contributed by atoms with van der Waals surface area (Å²) in [6.45, 7) is 8.46. The molecule has 3 rings (SSSR count). The Kier molecular flexibility index (Phi) is 7.26. The molecule has 2 aliphatic heterocycles. The zero-order chi connectivity index (χ0) is 19.2. The second-order valence-electron chi connectivity index (χ2n) is 7.73. The smallest absolute Gasteiger partial charge is 0.252 e. The number of nitrogens with one attached hydrogen (secondary N) is 1. The molecule has 0 bridgehead atoms. The fourth-order valence-electron chi connectivity index (χ4n) is 4.17. The molecule has 27 heavy (non-hydrogen) atoms. The third kappa shape index (κ3) is 5.77. The maximum atomic E-state index is 12.7. The molecule has 1 aromatic heterocycles. The molecule has 0 saturated carbocycles. The summed E-state index contributed by atoms with van der Waals surface area (Å²) >= 11 is 1.51. The molecule has 2 aliphatic rings. The second-order valence-corrected chi connectivity index (χ2v) is 8.51. The van der Waals surface area contributed by atoms with Gasteiger partial charge in [-0.2, -0.15) is 11.3 Å². The summed E-state index contributed by atoms with van der Waals surface area (Å²) in [4.78, 5) is 29.1. The predicted molar refractivity (Wildman–Crippen MR) is 107 cm³/mol. The summed E-state index contributed by atoms with van der Waals surface area (Å²) in [6.07, 6.45) is 3.86. The van der Waals surface area contributed by atoms with Crippen molar-refractivity contribution in [1.82, 2.24) is 15.1 Å². The number of hydrogen-bond acceptors (Lipinski definition) is 5. The third-order valence-electron chi connectivity index (χ3n) is 5.30. The number of rotatable bonds is 7. The average Bonchev–Trinajstić information content (AvgIpc) is 3.29. The Hall–Kier alpha value is -1.44. The van der Waals surface area contributed by atoms with Gasteiger partial charge in [-0.15, -0.1) is 0 Å². The van der Waals surface area contributed by atoms with E-state index in [2.05, 4.69) is 29.0 Å². The monoisotopic (exact) mass is 393 g/mol. The van der Waals surface area contributed by atoms with Gasteiger partial charge in [0.05, 0.1) is 12.2 Å². The van der Waals surface area contributed by atoms with E-state index in [1.54, 1.807) is 0 Å². The van der Waals surface area contributed by atoms with Crippen LogP contribution < -0.4 is 5.32 Å². The van der Waals surface area contributed by atoms with Crippen molar-refractivity contribution in [3.8, 4) is 0 Å². The standard InChI is InChI=1S/C20H31N3O3S/c1-15-11-22(12-16(2)26-15)13-18-5-4-9-23(18)19(24)6-3-8-21-20(25)17-7-10-27-14-17/h7,10,14-16,18H,3-6,8-9,11-13H2,1-2H3,(H,21,25)/t15-,16+,18-/m1/s1. The number of amides is 2. The van der Waals surface area contributed by atoms with Gasteiger partial charge in [-0.3, -0.25) is 14.5 Å². The number of morpholine rings is 1. The lowest BCUT2D eigenvalue weighted by Gasteiger charge is -2.38. The van der Waals surface area contributed by atoms with Crippen molar-refractivity contribution in [3.05, 3.63) is 22.4 Å². The molecule has 7 heteroatoms. The quantitative estimate of drug-likeness (QED) is 0.723. The summed E-state index contributed by atoms with van der Waals surface area (Å²) in [5.74, 6) is 0.162. The fraction of sp³-hybridized carbons (Fsp3) is 0.700. The molecule has 0 unspecified atom stereocenters. The largest absolute Gasteiger partial charge is 0.373 e. The van der Waals surface area contributed by atoms with E-state index in [9.17, 15) is 9.59 Å². The van der Waals surface area contributed by atoms with Crippen LogP contribution in [0.3, 0.4) is 0 Å². The Bertz CT molecular complexity index is 612. The molecule has 0 aliphatic carbocycles. The Labute approximate surface area is 165 Å². The number of nitrogens with zero attached hydrogens (tertiary/aromatic N) is 2. The lowest BCUT2D eigenvalue weighted by atomic mass is 10.1. The third-order valence-corrected chi connectivity index (χ3v) is 5.98. The lowest BCUT2D eigenvalue weighted by Crippen LogP contribution is -2.50. The second kappa shape index (κ2) is 9.66. The Morgan fingerprint density at radius 1 is 1.30 bits per heavy atom. The van der Waals surface area contributed by atoms with Crippen LogP contribution in [-0.4, -0.2) is 72.6 Å². The van der Waals surface area contributed by atoms with Gasteiger partial charge in [0, 0.05) is 56.1 Å². The van der Waals surface area contributed by atoms with Gasteiger partial charge in [-0.25, -0.2) is 0 Å². The zero-order valence-electron chi connectivity index (χ0n) is 16.4. The van der Waals surface area contributed by atoms with Gasteiger partial charge < -0.3 is 15.0 Å². The van der Waals surface area contributed by atoms with Gasteiger partial charge in [0.2, 0.25) is 5.91 Å². The summed E-state index contributed by atoms with van der Waals surface area (Å²) in [5, 5.41) is 6.62. The molecule has 1 aromatic rings. The van der Waals surface area contributed by atoms with Crippen LogP contribution in [0, 0.1) is 0 Å². The highest BCUT2D eigenvalue weighted by Crippen LogP contribution is 2.21. The van der Waals surface area contributed by atoms with Gasteiger partial charge in [-0.1, -0.05) is 0 Å². The van der Waals surface area contributed by atoms with E-state index in [1.165, 1.54) is 11.3 Å². The highest BCUT2D eigenvalue weighted by atomic mass is 32.1. The first-order valence-electron chi connectivity index (χ1n) is 10.0. The van der Waals surface area contributed by atoms with E-state index in [4.69, 9.17) is 4.74 Å². The molecule has 2 amide bonds. The number of thiophene rings is 1.